The van der Waals surface area contributed by atoms with Crippen LogP contribution in [0, 0.1) is 0 Å². The van der Waals surface area contributed by atoms with Crippen molar-refractivity contribution in [3.05, 3.63) is 77.5 Å². The maximum atomic E-state index is 12.1. The van der Waals surface area contributed by atoms with Crippen LogP contribution < -0.4 is 5.32 Å². The fourth-order valence-corrected chi connectivity index (χ4v) is 2.25. The van der Waals surface area contributed by atoms with Gasteiger partial charge in [0.2, 0.25) is 5.91 Å². The summed E-state index contributed by atoms with van der Waals surface area (Å²) in [6.45, 7) is 0. The molecule has 3 aromatic rings. The molecular weight excluding hydrogens is 296 g/mol. The molecule has 1 aromatic heterocycles. The third-order valence-electron chi connectivity index (χ3n) is 3.20. The summed E-state index contributed by atoms with van der Waals surface area (Å²) in [7, 11) is 0. The van der Waals surface area contributed by atoms with Crippen LogP contribution in [-0.4, -0.2) is 10.9 Å². The van der Waals surface area contributed by atoms with Crippen LogP contribution in [0.15, 0.2) is 66.9 Å². The number of carbonyl (C=O) groups excluding carboxylic acids is 1. The molecule has 0 unspecified atom stereocenters. The first kappa shape index (κ1) is 14.3. The summed E-state index contributed by atoms with van der Waals surface area (Å²) in [5.74, 6) is -0.189. The van der Waals surface area contributed by atoms with E-state index in [2.05, 4.69) is 10.3 Å². The number of halogens is 1. The molecule has 0 aliphatic carbocycles. The van der Waals surface area contributed by atoms with Gasteiger partial charge in [0, 0.05) is 22.7 Å². The van der Waals surface area contributed by atoms with Gasteiger partial charge in [0.15, 0.2) is 0 Å². The van der Waals surface area contributed by atoms with E-state index in [0.29, 0.717) is 5.02 Å². The van der Waals surface area contributed by atoms with Gasteiger partial charge in [-0.2, -0.15) is 0 Å². The van der Waals surface area contributed by atoms with Gasteiger partial charge >= 0.3 is 0 Å². The number of para-hydroxylation sites is 1. The van der Waals surface area contributed by atoms with Gasteiger partial charge in [0.1, 0.15) is 0 Å². The molecule has 0 radical (unpaired) electrons. The van der Waals surface area contributed by atoms with Crippen molar-refractivity contribution in [3.63, 3.8) is 0 Å². The van der Waals surface area contributed by atoms with Crippen molar-refractivity contribution in [2.75, 3.05) is 5.32 Å². The number of pyridine rings is 1. The van der Waals surface area contributed by atoms with E-state index in [1.807, 2.05) is 36.4 Å². The van der Waals surface area contributed by atoms with E-state index in [0.717, 1.165) is 22.2 Å². The number of nitrogens with one attached hydrogen (secondary N) is 1. The third kappa shape index (κ3) is 3.32. The van der Waals surface area contributed by atoms with Crippen molar-refractivity contribution in [2.24, 2.45) is 0 Å². The smallest absolute Gasteiger partial charge is 0.248 e. The highest BCUT2D eigenvalue weighted by Gasteiger charge is 2.03. The maximum absolute atomic E-state index is 12.1. The number of hydrogen-bond donors (Lipinski definition) is 1. The predicted molar refractivity (Wildman–Crippen MR) is 90.9 cm³/mol. The van der Waals surface area contributed by atoms with Crippen molar-refractivity contribution in [2.45, 2.75) is 0 Å². The van der Waals surface area contributed by atoms with Gasteiger partial charge in [0.05, 0.1) is 11.2 Å². The van der Waals surface area contributed by atoms with Crippen LogP contribution in [0.3, 0.4) is 0 Å². The van der Waals surface area contributed by atoms with Gasteiger partial charge in [-0.05, 0) is 35.9 Å². The van der Waals surface area contributed by atoms with E-state index in [4.69, 9.17) is 11.6 Å². The third-order valence-corrected chi connectivity index (χ3v) is 3.46. The minimum absolute atomic E-state index is 0.189. The van der Waals surface area contributed by atoms with Gasteiger partial charge in [0.25, 0.3) is 0 Å². The van der Waals surface area contributed by atoms with Gasteiger partial charge in [-0.3, -0.25) is 9.78 Å². The lowest BCUT2D eigenvalue weighted by Crippen LogP contribution is -2.08. The summed E-state index contributed by atoms with van der Waals surface area (Å²) in [6, 6.07) is 16.8. The topological polar surface area (TPSA) is 42.0 Å². The number of hydrogen-bond acceptors (Lipinski definition) is 2. The molecule has 22 heavy (non-hydrogen) atoms. The first-order valence-electron chi connectivity index (χ1n) is 6.81. The number of aromatic nitrogens is 1. The Morgan fingerprint density at radius 3 is 2.64 bits per heavy atom. The Kier molecular flexibility index (Phi) is 4.17. The molecule has 0 atom stereocenters. The summed E-state index contributed by atoms with van der Waals surface area (Å²) < 4.78 is 0. The van der Waals surface area contributed by atoms with Crippen molar-refractivity contribution >= 4 is 40.2 Å². The molecule has 1 heterocycles. The zero-order valence-corrected chi connectivity index (χ0v) is 12.4. The van der Waals surface area contributed by atoms with Crippen LogP contribution >= 0.6 is 11.6 Å². The maximum Gasteiger partial charge on any atom is 0.248 e. The summed E-state index contributed by atoms with van der Waals surface area (Å²) in [5, 5.41) is 4.46. The lowest BCUT2D eigenvalue weighted by Gasteiger charge is -2.06. The molecule has 108 valence electrons. The molecule has 1 amide bonds. The molecule has 3 rings (SSSR count). The van der Waals surface area contributed by atoms with Crippen molar-refractivity contribution in [1.29, 1.82) is 0 Å². The van der Waals surface area contributed by atoms with E-state index in [-0.39, 0.29) is 5.91 Å². The minimum Gasteiger partial charge on any atom is -0.322 e. The molecule has 0 aliphatic rings. The molecular formula is C18H13ClN2O. The first-order chi connectivity index (χ1) is 10.7. The predicted octanol–water partition coefficient (Wildman–Crippen LogP) is 4.54. The lowest BCUT2D eigenvalue weighted by atomic mass is 10.2. The van der Waals surface area contributed by atoms with Crippen LogP contribution in [0.4, 0.5) is 5.69 Å². The van der Waals surface area contributed by atoms with Gasteiger partial charge in [-0.1, -0.05) is 41.9 Å². The summed E-state index contributed by atoms with van der Waals surface area (Å²) in [4.78, 5) is 16.3. The molecule has 1 N–H and O–H groups in total. The van der Waals surface area contributed by atoms with Crippen LogP contribution in [0.25, 0.3) is 17.0 Å². The van der Waals surface area contributed by atoms with Crippen LogP contribution in [0.5, 0.6) is 0 Å². The molecule has 0 saturated heterocycles. The van der Waals surface area contributed by atoms with E-state index in [1.165, 1.54) is 6.08 Å². The second kappa shape index (κ2) is 6.41. The molecule has 0 bridgehead atoms. The Hall–Kier alpha value is -2.65. The minimum atomic E-state index is -0.189. The Morgan fingerprint density at radius 2 is 1.82 bits per heavy atom. The second-order valence-corrected chi connectivity index (χ2v) is 5.19. The summed E-state index contributed by atoms with van der Waals surface area (Å²) in [6.07, 6.45) is 4.92. The number of carbonyl (C=O) groups is 1. The molecule has 2 aromatic carbocycles. The van der Waals surface area contributed by atoms with Crippen LogP contribution in [0.1, 0.15) is 5.56 Å². The molecule has 4 heteroatoms. The second-order valence-electron chi connectivity index (χ2n) is 4.75. The van der Waals surface area contributed by atoms with Gasteiger partial charge in [-0.15, -0.1) is 0 Å². The van der Waals surface area contributed by atoms with E-state index >= 15 is 0 Å². The van der Waals surface area contributed by atoms with E-state index < -0.39 is 0 Å². The highest BCUT2D eigenvalue weighted by molar-refractivity contribution is 6.30. The highest BCUT2D eigenvalue weighted by atomic mass is 35.5. The van der Waals surface area contributed by atoms with Crippen molar-refractivity contribution in [1.82, 2.24) is 4.98 Å². The Morgan fingerprint density at radius 1 is 1.05 bits per heavy atom. The number of fused-ring (bicyclic) bond motifs is 1. The molecule has 3 nitrogen and oxygen atoms in total. The zero-order chi connectivity index (χ0) is 15.4. The van der Waals surface area contributed by atoms with Crippen LogP contribution in [-0.2, 0) is 4.79 Å². The monoisotopic (exact) mass is 308 g/mol. The van der Waals surface area contributed by atoms with E-state index in [9.17, 15) is 4.79 Å². The largest absolute Gasteiger partial charge is 0.322 e. The number of anilines is 1. The Bertz CT molecular complexity index is 836. The zero-order valence-electron chi connectivity index (χ0n) is 11.7. The van der Waals surface area contributed by atoms with Crippen molar-refractivity contribution in [3.8, 4) is 0 Å². The number of benzene rings is 2. The summed E-state index contributed by atoms with van der Waals surface area (Å²) in [5.41, 5.74) is 2.51. The molecule has 0 saturated carbocycles. The molecule has 0 spiro atoms. The SMILES string of the molecule is O=C(/C=C/c1ccc(Cl)cc1)Nc1ccnc2ccccc12. The Balaban J connectivity index is 1.77. The molecule has 0 aliphatic heterocycles. The molecule has 0 fully saturated rings. The summed E-state index contributed by atoms with van der Waals surface area (Å²) >= 11 is 5.83. The number of nitrogens with zero attached hydrogens (tertiary/aromatic N) is 1. The van der Waals surface area contributed by atoms with E-state index in [1.54, 1.807) is 30.5 Å². The number of amides is 1. The quantitative estimate of drug-likeness (QED) is 0.722. The fourth-order valence-electron chi connectivity index (χ4n) is 2.13. The average molecular weight is 309 g/mol. The average Bonchev–Trinajstić information content (AvgIpc) is 2.55. The first-order valence-corrected chi connectivity index (χ1v) is 7.18. The standard InChI is InChI=1S/C18H13ClN2O/c19-14-8-5-13(6-9-14)7-10-18(22)21-17-11-12-20-16-4-2-1-3-15(16)17/h1-12H,(H,20,21,22)/b10-7+. The van der Waals surface area contributed by atoms with Crippen LogP contribution in [0.2, 0.25) is 5.02 Å². The highest BCUT2D eigenvalue weighted by Crippen LogP contribution is 2.20. The Labute approximate surface area is 133 Å². The normalized spacial score (nSPS) is 11.0. The van der Waals surface area contributed by atoms with Crippen molar-refractivity contribution < 1.29 is 4.79 Å². The lowest BCUT2D eigenvalue weighted by molar-refractivity contribution is -0.111. The number of rotatable bonds is 3. The fraction of sp³-hybridized carbons (Fsp3) is 0. The van der Waals surface area contributed by atoms with Gasteiger partial charge in [-0.25, -0.2) is 0 Å². The van der Waals surface area contributed by atoms with Gasteiger partial charge < -0.3 is 5.32 Å².